The number of benzene rings is 3. The summed E-state index contributed by atoms with van der Waals surface area (Å²) in [5, 5.41) is 3.08. The topological polar surface area (TPSA) is 84.5 Å². The number of hydrogen-bond acceptors (Lipinski definition) is 4. The van der Waals surface area contributed by atoms with E-state index < -0.39 is 15.4 Å². The Morgan fingerprint density at radius 1 is 0.939 bits per heavy atom. The van der Waals surface area contributed by atoms with Crippen molar-refractivity contribution in [2.24, 2.45) is 0 Å². The smallest absolute Gasteiger partial charge is 0.261 e. The van der Waals surface area contributed by atoms with Gasteiger partial charge < -0.3 is 10.1 Å². The van der Waals surface area contributed by atoms with Gasteiger partial charge in [0, 0.05) is 12.2 Å². The zero-order valence-corrected chi connectivity index (χ0v) is 19.4. The molecule has 0 atom stereocenters. The highest BCUT2D eigenvalue weighted by Gasteiger charge is 2.51. The molecule has 0 unspecified atom stereocenters. The zero-order chi connectivity index (χ0) is 23.3. The fourth-order valence-electron chi connectivity index (χ4n) is 3.91. The van der Waals surface area contributed by atoms with Crippen LogP contribution in [-0.2, 0) is 26.7 Å². The van der Waals surface area contributed by atoms with Gasteiger partial charge >= 0.3 is 0 Å². The van der Waals surface area contributed by atoms with E-state index in [0.717, 1.165) is 31.2 Å². The highest BCUT2D eigenvalue weighted by Crippen LogP contribution is 2.48. The molecular formula is C26H28N2O4S. The molecule has 6 nitrogen and oxygen atoms in total. The van der Waals surface area contributed by atoms with E-state index in [1.807, 2.05) is 30.3 Å². The number of anilines is 1. The third kappa shape index (κ3) is 5.37. The number of aryl methyl sites for hydroxylation is 1. The van der Waals surface area contributed by atoms with E-state index in [1.54, 1.807) is 24.3 Å². The van der Waals surface area contributed by atoms with Crippen molar-refractivity contribution in [3.8, 4) is 5.75 Å². The van der Waals surface area contributed by atoms with Crippen molar-refractivity contribution < 1.29 is 17.9 Å². The molecule has 1 fully saturated rings. The highest BCUT2D eigenvalue weighted by molar-refractivity contribution is 7.92. The summed E-state index contributed by atoms with van der Waals surface area (Å²) in [6, 6.07) is 23.5. The first-order valence-corrected chi connectivity index (χ1v) is 12.5. The molecular weight excluding hydrogens is 436 g/mol. The van der Waals surface area contributed by atoms with Crippen molar-refractivity contribution in [1.82, 2.24) is 5.32 Å². The maximum Gasteiger partial charge on any atom is 0.261 e. The Labute approximate surface area is 195 Å². The van der Waals surface area contributed by atoms with E-state index in [4.69, 9.17) is 4.74 Å². The van der Waals surface area contributed by atoms with Crippen LogP contribution in [0.3, 0.4) is 0 Å². The average Bonchev–Trinajstić information content (AvgIpc) is 3.65. The molecule has 1 saturated carbocycles. The van der Waals surface area contributed by atoms with Crippen LogP contribution >= 0.6 is 0 Å². The van der Waals surface area contributed by atoms with E-state index in [-0.39, 0.29) is 10.8 Å². The van der Waals surface area contributed by atoms with Crippen molar-refractivity contribution in [2.75, 3.05) is 18.4 Å². The number of nitrogens with one attached hydrogen (secondary N) is 2. The monoisotopic (exact) mass is 464 g/mol. The molecule has 4 rings (SSSR count). The molecule has 0 aromatic heterocycles. The van der Waals surface area contributed by atoms with Crippen LogP contribution in [0, 0.1) is 0 Å². The largest absolute Gasteiger partial charge is 0.497 e. The van der Waals surface area contributed by atoms with Gasteiger partial charge in [-0.3, -0.25) is 9.52 Å². The molecule has 1 aliphatic rings. The molecule has 1 aliphatic carbocycles. The van der Waals surface area contributed by atoms with Crippen LogP contribution in [0.5, 0.6) is 5.75 Å². The summed E-state index contributed by atoms with van der Waals surface area (Å²) in [4.78, 5) is 13.0. The number of sulfonamides is 1. The first kappa shape index (κ1) is 22.9. The van der Waals surface area contributed by atoms with Gasteiger partial charge in [-0.15, -0.1) is 0 Å². The molecule has 0 spiro atoms. The van der Waals surface area contributed by atoms with Crippen LogP contribution in [0.1, 0.15) is 30.4 Å². The fraction of sp³-hybridized carbons (Fsp3) is 0.269. The predicted molar refractivity (Wildman–Crippen MR) is 129 cm³/mol. The van der Waals surface area contributed by atoms with Crippen molar-refractivity contribution in [3.05, 3.63) is 90.0 Å². The summed E-state index contributed by atoms with van der Waals surface area (Å²) >= 11 is 0. The van der Waals surface area contributed by atoms with Crippen molar-refractivity contribution in [2.45, 2.75) is 36.0 Å². The van der Waals surface area contributed by atoms with Crippen LogP contribution in [0.25, 0.3) is 0 Å². The Bertz CT molecular complexity index is 1190. The van der Waals surface area contributed by atoms with Gasteiger partial charge in [-0.25, -0.2) is 8.42 Å². The zero-order valence-electron chi connectivity index (χ0n) is 18.6. The number of hydrogen-bond donors (Lipinski definition) is 2. The van der Waals surface area contributed by atoms with E-state index in [9.17, 15) is 13.2 Å². The summed E-state index contributed by atoms with van der Waals surface area (Å²) in [5.74, 6) is 0.633. The van der Waals surface area contributed by atoms with E-state index in [1.165, 1.54) is 24.8 Å². The standard InChI is InChI=1S/C26H28N2O4S/c1-32-23-13-15-24(16-14-23)33(30,31)28-22-11-9-21(10-12-22)26(17-18-26)25(29)27-19-5-8-20-6-3-2-4-7-20/h2-4,6-7,9-16,28H,5,8,17-19H2,1H3,(H,27,29). The third-order valence-corrected chi connectivity index (χ3v) is 7.41. The molecule has 172 valence electrons. The van der Waals surface area contributed by atoms with Gasteiger partial charge in [0.25, 0.3) is 10.0 Å². The number of carbonyl (C=O) groups is 1. The SMILES string of the molecule is COc1ccc(S(=O)(=O)Nc2ccc(C3(C(=O)NCCCc4ccccc4)CC3)cc2)cc1. The van der Waals surface area contributed by atoms with Gasteiger partial charge in [-0.05, 0) is 73.2 Å². The maximum absolute atomic E-state index is 12.9. The lowest BCUT2D eigenvalue weighted by Gasteiger charge is -2.17. The lowest BCUT2D eigenvalue weighted by molar-refractivity contribution is -0.123. The molecule has 0 bridgehead atoms. The lowest BCUT2D eigenvalue weighted by Crippen LogP contribution is -2.35. The van der Waals surface area contributed by atoms with E-state index in [0.29, 0.717) is 18.0 Å². The Balaban J connectivity index is 1.34. The van der Waals surface area contributed by atoms with Crippen LogP contribution < -0.4 is 14.8 Å². The second-order valence-corrected chi connectivity index (χ2v) is 9.97. The predicted octanol–water partition coefficient (Wildman–Crippen LogP) is 4.28. The molecule has 3 aromatic carbocycles. The van der Waals surface area contributed by atoms with Crippen LogP contribution in [0.4, 0.5) is 5.69 Å². The second-order valence-electron chi connectivity index (χ2n) is 8.29. The van der Waals surface area contributed by atoms with Gasteiger partial charge in [0.15, 0.2) is 0 Å². The van der Waals surface area contributed by atoms with Gasteiger partial charge in [0.05, 0.1) is 17.4 Å². The first-order valence-electron chi connectivity index (χ1n) is 11.0. The van der Waals surface area contributed by atoms with Crippen molar-refractivity contribution in [3.63, 3.8) is 0 Å². The molecule has 33 heavy (non-hydrogen) atoms. The summed E-state index contributed by atoms with van der Waals surface area (Å²) in [6.07, 6.45) is 3.41. The summed E-state index contributed by atoms with van der Waals surface area (Å²) in [6.45, 7) is 0.634. The third-order valence-electron chi connectivity index (χ3n) is 6.01. The minimum Gasteiger partial charge on any atom is -0.497 e. The van der Waals surface area contributed by atoms with Gasteiger partial charge in [-0.1, -0.05) is 42.5 Å². The minimum absolute atomic E-state index is 0.0436. The molecule has 0 saturated heterocycles. The Hall–Kier alpha value is -3.32. The molecule has 0 radical (unpaired) electrons. The Morgan fingerprint density at radius 3 is 2.21 bits per heavy atom. The second kappa shape index (κ2) is 9.67. The lowest BCUT2D eigenvalue weighted by atomic mass is 9.94. The highest BCUT2D eigenvalue weighted by atomic mass is 32.2. The van der Waals surface area contributed by atoms with Crippen LogP contribution in [-0.4, -0.2) is 28.0 Å². The van der Waals surface area contributed by atoms with E-state index in [2.05, 4.69) is 22.2 Å². The molecule has 1 amide bonds. The number of rotatable bonds is 10. The van der Waals surface area contributed by atoms with Crippen molar-refractivity contribution >= 4 is 21.6 Å². The first-order chi connectivity index (χ1) is 15.9. The number of carbonyl (C=O) groups excluding carboxylic acids is 1. The van der Waals surface area contributed by atoms with E-state index >= 15 is 0 Å². The number of methoxy groups -OCH3 is 1. The number of amides is 1. The molecule has 0 heterocycles. The molecule has 0 aliphatic heterocycles. The minimum atomic E-state index is -3.71. The van der Waals surface area contributed by atoms with Gasteiger partial charge in [0.2, 0.25) is 5.91 Å². The normalized spacial score (nSPS) is 14.3. The average molecular weight is 465 g/mol. The Kier molecular flexibility index (Phi) is 6.70. The van der Waals surface area contributed by atoms with Gasteiger partial charge in [0.1, 0.15) is 5.75 Å². The summed E-state index contributed by atoms with van der Waals surface area (Å²) < 4.78 is 32.9. The Morgan fingerprint density at radius 2 is 1.61 bits per heavy atom. The van der Waals surface area contributed by atoms with Crippen molar-refractivity contribution in [1.29, 1.82) is 0 Å². The molecule has 3 aromatic rings. The fourth-order valence-corrected chi connectivity index (χ4v) is 4.97. The summed E-state index contributed by atoms with van der Waals surface area (Å²) in [7, 11) is -2.18. The quantitative estimate of drug-likeness (QED) is 0.439. The van der Waals surface area contributed by atoms with Gasteiger partial charge in [-0.2, -0.15) is 0 Å². The molecule has 2 N–H and O–H groups in total. The van der Waals surface area contributed by atoms with Crippen LogP contribution in [0.2, 0.25) is 0 Å². The summed E-state index contributed by atoms with van der Waals surface area (Å²) in [5.41, 5.74) is 2.13. The number of ether oxygens (including phenoxy) is 1. The molecule has 7 heteroatoms. The maximum atomic E-state index is 12.9. The van der Waals surface area contributed by atoms with Crippen LogP contribution in [0.15, 0.2) is 83.8 Å².